The van der Waals surface area contributed by atoms with Crippen molar-refractivity contribution in [3.05, 3.63) is 11.3 Å². The Labute approximate surface area is 107 Å². The lowest BCUT2D eigenvalue weighted by molar-refractivity contribution is 0.0696. The van der Waals surface area contributed by atoms with Crippen LogP contribution in [0.4, 0.5) is 5.82 Å². The second-order valence-electron chi connectivity index (χ2n) is 5.56. The highest BCUT2D eigenvalue weighted by molar-refractivity contribution is 5.94. The molecule has 2 rings (SSSR count). The quantitative estimate of drug-likeness (QED) is 0.872. The lowest BCUT2D eigenvalue weighted by atomic mass is 9.91. The van der Waals surface area contributed by atoms with Crippen molar-refractivity contribution in [3.63, 3.8) is 0 Å². The van der Waals surface area contributed by atoms with Gasteiger partial charge in [0.2, 0.25) is 0 Å². The first-order valence-corrected chi connectivity index (χ1v) is 6.42. The first-order valence-electron chi connectivity index (χ1n) is 6.42. The highest BCUT2D eigenvalue weighted by atomic mass is 16.4. The predicted octanol–water partition coefficient (Wildman–Crippen LogP) is 1.91. The van der Waals surface area contributed by atoms with E-state index in [1.807, 2.05) is 7.05 Å². The zero-order chi connectivity index (χ0) is 13.4. The van der Waals surface area contributed by atoms with Gasteiger partial charge in [-0.2, -0.15) is 5.10 Å². The molecule has 1 fully saturated rings. The first kappa shape index (κ1) is 12.9. The minimum Gasteiger partial charge on any atom is -0.477 e. The Kier molecular flexibility index (Phi) is 3.32. The van der Waals surface area contributed by atoms with E-state index >= 15 is 0 Å². The van der Waals surface area contributed by atoms with Crippen LogP contribution in [-0.4, -0.2) is 33.9 Å². The van der Waals surface area contributed by atoms with Gasteiger partial charge in [0.25, 0.3) is 0 Å². The molecule has 0 aromatic carbocycles. The van der Waals surface area contributed by atoms with Gasteiger partial charge in [-0.15, -0.1) is 0 Å². The molecule has 0 amide bonds. The summed E-state index contributed by atoms with van der Waals surface area (Å²) < 4.78 is 1.70. The van der Waals surface area contributed by atoms with Crippen molar-refractivity contribution < 1.29 is 9.90 Å². The number of nitrogens with zero attached hydrogens (tertiary/aromatic N) is 3. The van der Waals surface area contributed by atoms with Gasteiger partial charge in [-0.1, -0.05) is 13.8 Å². The van der Waals surface area contributed by atoms with Crippen LogP contribution in [0.25, 0.3) is 0 Å². The van der Waals surface area contributed by atoms with E-state index in [0.29, 0.717) is 23.1 Å². The standard InChI is InChI=1S/C13H21N3O2/c1-8-5-9(2)7-16(6-8)12-11(13(17)18)10(3)14-15(12)4/h8-9H,5-7H2,1-4H3,(H,17,18). The lowest BCUT2D eigenvalue weighted by Gasteiger charge is -2.36. The number of aryl methyl sites for hydroxylation is 2. The van der Waals surface area contributed by atoms with E-state index in [4.69, 9.17) is 0 Å². The molecule has 0 bridgehead atoms. The molecule has 0 saturated carbocycles. The summed E-state index contributed by atoms with van der Waals surface area (Å²) >= 11 is 0. The van der Waals surface area contributed by atoms with Crippen LogP contribution in [0.3, 0.4) is 0 Å². The number of hydrogen-bond acceptors (Lipinski definition) is 3. The molecular formula is C13H21N3O2. The summed E-state index contributed by atoms with van der Waals surface area (Å²) in [5.41, 5.74) is 0.935. The molecule has 1 saturated heterocycles. The van der Waals surface area contributed by atoms with Crippen LogP contribution in [0, 0.1) is 18.8 Å². The molecule has 1 N–H and O–H groups in total. The third-order valence-electron chi connectivity index (χ3n) is 3.57. The van der Waals surface area contributed by atoms with Crippen LogP contribution in [0.15, 0.2) is 0 Å². The van der Waals surface area contributed by atoms with E-state index in [1.54, 1.807) is 11.6 Å². The summed E-state index contributed by atoms with van der Waals surface area (Å²) in [5.74, 6) is 1.04. The lowest BCUT2D eigenvalue weighted by Crippen LogP contribution is -2.40. The predicted molar refractivity (Wildman–Crippen MR) is 70.1 cm³/mol. The molecule has 0 radical (unpaired) electrons. The maximum Gasteiger partial charge on any atom is 0.341 e. The van der Waals surface area contributed by atoms with E-state index in [2.05, 4.69) is 23.8 Å². The van der Waals surface area contributed by atoms with Crippen LogP contribution in [-0.2, 0) is 7.05 Å². The highest BCUT2D eigenvalue weighted by Gasteiger charge is 2.29. The van der Waals surface area contributed by atoms with Crippen molar-refractivity contribution >= 4 is 11.8 Å². The summed E-state index contributed by atoms with van der Waals surface area (Å²) in [6.45, 7) is 8.00. The Morgan fingerprint density at radius 1 is 1.33 bits per heavy atom. The molecule has 1 aliphatic rings. The number of carbonyl (C=O) groups is 1. The molecule has 18 heavy (non-hydrogen) atoms. The van der Waals surface area contributed by atoms with Gasteiger partial charge in [0, 0.05) is 20.1 Å². The summed E-state index contributed by atoms with van der Waals surface area (Å²) in [7, 11) is 1.82. The minimum atomic E-state index is -0.888. The number of carboxylic acids is 1. The Morgan fingerprint density at radius 2 is 1.89 bits per heavy atom. The highest BCUT2D eigenvalue weighted by Crippen LogP contribution is 2.29. The summed E-state index contributed by atoms with van der Waals surface area (Å²) in [5, 5.41) is 13.6. The van der Waals surface area contributed by atoms with Crippen molar-refractivity contribution in [2.75, 3.05) is 18.0 Å². The maximum atomic E-state index is 11.4. The van der Waals surface area contributed by atoms with Crippen LogP contribution < -0.4 is 4.90 Å². The third-order valence-corrected chi connectivity index (χ3v) is 3.57. The smallest absolute Gasteiger partial charge is 0.341 e. The van der Waals surface area contributed by atoms with E-state index in [1.165, 1.54) is 6.42 Å². The zero-order valence-electron chi connectivity index (χ0n) is 11.5. The van der Waals surface area contributed by atoms with Gasteiger partial charge in [0.15, 0.2) is 0 Å². The number of rotatable bonds is 2. The average molecular weight is 251 g/mol. The monoisotopic (exact) mass is 251 g/mol. The molecule has 1 aromatic rings. The van der Waals surface area contributed by atoms with Crippen molar-refractivity contribution in [3.8, 4) is 0 Å². The first-order chi connectivity index (χ1) is 8.40. The second kappa shape index (κ2) is 4.63. The molecule has 0 spiro atoms. The number of piperidine rings is 1. The van der Waals surface area contributed by atoms with Gasteiger partial charge < -0.3 is 10.0 Å². The molecule has 2 atom stereocenters. The van der Waals surface area contributed by atoms with E-state index < -0.39 is 5.97 Å². The second-order valence-corrected chi connectivity index (χ2v) is 5.56. The molecule has 2 heterocycles. The molecule has 5 nitrogen and oxygen atoms in total. The summed E-state index contributed by atoms with van der Waals surface area (Å²) in [6, 6.07) is 0. The van der Waals surface area contributed by atoms with Gasteiger partial charge in [-0.3, -0.25) is 4.68 Å². The molecular weight excluding hydrogens is 230 g/mol. The van der Waals surface area contributed by atoms with Crippen LogP contribution in [0.2, 0.25) is 0 Å². The van der Waals surface area contributed by atoms with E-state index in [-0.39, 0.29) is 0 Å². The fraction of sp³-hybridized carbons (Fsp3) is 0.692. The average Bonchev–Trinajstić information content (AvgIpc) is 2.51. The minimum absolute atomic E-state index is 0.346. The molecule has 5 heteroatoms. The molecule has 1 aliphatic heterocycles. The van der Waals surface area contributed by atoms with Gasteiger partial charge in [-0.05, 0) is 25.2 Å². The normalized spacial score (nSPS) is 24.3. The van der Waals surface area contributed by atoms with Crippen molar-refractivity contribution in [2.24, 2.45) is 18.9 Å². The fourth-order valence-electron chi connectivity index (χ4n) is 3.10. The largest absolute Gasteiger partial charge is 0.477 e. The Bertz CT molecular complexity index is 457. The van der Waals surface area contributed by atoms with E-state index in [0.717, 1.165) is 18.9 Å². The molecule has 2 unspecified atom stereocenters. The Balaban J connectivity index is 2.41. The SMILES string of the molecule is Cc1nn(C)c(N2CC(C)CC(C)C2)c1C(=O)O. The zero-order valence-corrected chi connectivity index (χ0v) is 11.5. The topological polar surface area (TPSA) is 58.4 Å². The summed E-state index contributed by atoms with van der Waals surface area (Å²) in [4.78, 5) is 13.6. The van der Waals surface area contributed by atoms with Gasteiger partial charge >= 0.3 is 5.97 Å². The van der Waals surface area contributed by atoms with Crippen LogP contribution in [0.1, 0.15) is 36.3 Å². The van der Waals surface area contributed by atoms with Crippen molar-refractivity contribution in [2.45, 2.75) is 27.2 Å². The van der Waals surface area contributed by atoms with Crippen LogP contribution in [0.5, 0.6) is 0 Å². The Morgan fingerprint density at radius 3 is 2.39 bits per heavy atom. The fourth-order valence-corrected chi connectivity index (χ4v) is 3.10. The van der Waals surface area contributed by atoms with Crippen molar-refractivity contribution in [1.82, 2.24) is 9.78 Å². The van der Waals surface area contributed by atoms with Gasteiger partial charge in [-0.25, -0.2) is 4.79 Å². The Hall–Kier alpha value is -1.52. The molecule has 0 aliphatic carbocycles. The van der Waals surface area contributed by atoms with Crippen molar-refractivity contribution in [1.29, 1.82) is 0 Å². The van der Waals surface area contributed by atoms with Gasteiger partial charge in [0.1, 0.15) is 11.4 Å². The third kappa shape index (κ3) is 2.21. The number of aromatic carboxylic acids is 1. The maximum absolute atomic E-state index is 11.4. The summed E-state index contributed by atoms with van der Waals surface area (Å²) in [6.07, 6.45) is 1.20. The van der Waals surface area contributed by atoms with E-state index in [9.17, 15) is 9.90 Å². The number of anilines is 1. The number of hydrogen-bond donors (Lipinski definition) is 1. The van der Waals surface area contributed by atoms with Gasteiger partial charge in [0.05, 0.1) is 5.69 Å². The molecule has 100 valence electrons. The number of aromatic nitrogens is 2. The van der Waals surface area contributed by atoms with Crippen LogP contribution >= 0.6 is 0 Å². The molecule has 1 aromatic heterocycles. The number of carboxylic acid groups (broad SMARTS) is 1.